The van der Waals surface area contributed by atoms with E-state index in [4.69, 9.17) is 4.42 Å². The molecular formula is C14H20N4O2S. The first-order valence-electron chi connectivity index (χ1n) is 6.84. The SMILES string of the molecule is CC(C)NC(=O)CN(C)[C@@H](C)c1nnc(-c2cccs2)o1. The van der Waals surface area contributed by atoms with E-state index in [2.05, 4.69) is 15.5 Å². The Bertz CT molecular complexity index is 580. The van der Waals surface area contributed by atoms with Crippen molar-refractivity contribution in [2.75, 3.05) is 13.6 Å². The van der Waals surface area contributed by atoms with Gasteiger partial charge in [0.25, 0.3) is 5.89 Å². The second kappa shape index (κ2) is 6.82. The summed E-state index contributed by atoms with van der Waals surface area (Å²) in [6.45, 7) is 6.10. The molecule has 1 amide bonds. The molecule has 0 aliphatic rings. The third-order valence-corrected chi connectivity index (χ3v) is 3.89. The first-order valence-corrected chi connectivity index (χ1v) is 7.72. The summed E-state index contributed by atoms with van der Waals surface area (Å²) in [7, 11) is 1.86. The first-order chi connectivity index (χ1) is 9.97. The molecule has 0 aromatic carbocycles. The Kier molecular flexibility index (Phi) is 5.08. The summed E-state index contributed by atoms with van der Waals surface area (Å²) < 4.78 is 5.69. The Morgan fingerprint density at radius 1 is 1.43 bits per heavy atom. The Balaban J connectivity index is 1.99. The van der Waals surface area contributed by atoms with Crippen molar-refractivity contribution < 1.29 is 9.21 Å². The highest BCUT2D eigenvalue weighted by atomic mass is 32.1. The van der Waals surface area contributed by atoms with Gasteiger partial charge in [-0.05, 0) is 39.3 Å². The molecule has 0 radical (unpaired) electrons. The average molecular weight is 308 g/mol. The van der Waals surface area contributed by atoms with Gasteiger partial charge in [-0.25, -0.2) is 0 Å². The van der Waals surface area contributed by atoms with Gasteiger partial charge in [0.2, 0.25) is 11.8 Å². The van der Waals surface area contributed by atoms with Crippen LogP contribution in [0.3, 0.4) is 0 Å². The summed E-state index contributed by atoms with van der Waals surface area (Å²) >= 11 is 1.55. The van der Waals surface area contributed by atoms with Crippen molar-refractivity contribution in [3.8, 4) is 10.8 Å². The first kappa shape index (κ1) is 15.7. The summed E-state index contributed by atoms with van der Waals surface area (Å²) in [6.07, 6.45) is 0. The molecule has 0 unspecified atom stereocenters. The maximum absolute atomic E-state index is 11.8. The molecule has 0 fully saturated rings. The second-order valence-electron chi connectivity index (χ2n) is 5.24. The zero-order valence-corrected chi connectivity index (χ0v) is 13.5. The number of hydrogen-bond donors (Lipinski definition) is 1. The minimum atomic E-state index is -0.121. The van der Waals surface area contributed by atoms with Crippen molar-refractivity contribution in [2.45, 2.75) is 32.9 Å². The minimum absolute atomic E-state index is 0.0163. The minimum Gasteiger partial charge on any atom is -0.418 e. The number of aromatic nitrogens is 2. The Morgan fingerprint density at radius 2 is 2.19 bits per heavy atom. The van der Waals surface area contributed by atoms with Crippen molar-refractivity contribution >= 4 is 17.2 Å². The lowest BCUT2D eigenvalue weighted by Gasteiger charge is -2.21. The van der Waals surface area contributed by atoms with Crippen LogP contribution in [0.1, 0.15) is 32.7 Å². The number of likely N-dealkylation sites (N-methyl/N-ethyl adjacent to an activating group) is 1. The molecule has 0 saturated carbocycles. The summed E-state index contributed by atoms with van der Waals surface area (Å²) in [5.74, 6) is 1.02. The molecule has 2 aromatic heterocycles. The van der Waals surface area contributed by atoms with Gasteiger partial charge in [-0.2, -0.15) is 0 Å². The largest absolute Gasteiger partial charge is 0.418 e. The number of hydrogen-bond acceptors (Lipinski definition) is 6. The number of amides is 1. The zero-order valence-electron chi connectivity index (χ0n) is 12.7. The van der Waals surface area contributed by atoms with Crippen LogP contribution in [0.5, 0.6) is 0 Å². The molecule has 2 heterocycles. The van der Waals surface area contributed by atoms with Crippen LogP contribution in [0.25, 0.3) is 10.8 Å². The Labute approximate surface area is 128 Å². The molecule has 21 heavy (non-hydrogen) atoms. The number of rotatable bonds is 6. The molecule has 0 spiro atoms. The van der Waals surface area contributed by atoms with E-state index in [1.807, 2.05) is 50.2 Å². The van der Waals surface area contributed by atoms with Gasteiger partial charge in [-0.1, -0.05) is 6.07 Å². The van der Waals surface area contributed by atoms with E-state index in [9.17, 15) is 4.79 Å². The third-order valence-electron chi connectivity index (χ3n) is 3.03. The van der Waals surface area contributed by atoms with Crippen molar-refractivity contribution in [1.82, 2.24) is 20.4 Å². The van der Waals surface area contributed by atoms with Crippen LogP contribution in [-0.2, 0) is 4.79 Å². The maximum atomic E-state index is 11.8. The fraction of sp³-hybridized carbons (Fsp3) is 0.500. The topological polar surface area (TPSA) is 71.3 Å². The molecule has 0 saturated heterocycles. The van der Waals surface area contributed by atoms with Gasteiger partial charge >= 0.3 is 0 Å². The molecule has 6 nitrogen and oxygen atoms in total. The van der Waals surface area contributed by atoms with Gasteiger partial charge in [0.05, 0.1) is 17.5 Å². The number of carbonyl (C=O) groups is 1. The molecular weight excluding hydrogens is 288 g/mol. The van der Waals surface area contributed by atoms with Crippen LogP contribution in [0, 0.1) is 0 Å². The van der Waals surface area contributed by atoms with Gasteiger partial charge in [0.1, 0.15) is 0 Å². The molecule has 2 aromatic rings. The van der Waals surface area contributed by atoms with E-state index < -0.39 is 0 Å². The average Bonchev–Trinajstić information content (AvgIpc) is 3.07. The van der Waals surface area contributed by atoms with Crippen LogP contribution >= 0.6 is 11.3 Å². The fourth-order valence-corrected chi connectivity index (χ4v) is 2.47. The van der Waals surface area contributed by atoms with Crippen LogP contribution in [0.15, 0.2) is 21.9 Å². The summed E-state index contributed by atoms with van der Waals surface area (Å²) in [4.78, 5) is 14.6. The summed E-state index contributed by atoms with van der Waals surface area (Å²) in [5.41, 5.74) is 0. The molecule has 0 aliphatic carbocycles. The van der Waals surface area contributed by atoms with Gasteiger partial charge in [-0.3, -0.25) is 9.69 Å². The monoisotopic (exact) mass is 308 g/mol. The van der Waals surface area contributed by atoms with E-state index in [0.717, 1.165) is 4.88 Å². The van der Waals surface area contributed by atoms with E-state index in [1.54, 1.807) is 11.3 Å². The molecule has 0 aliphatic heterocycles. The molecule has 2 rings (SSSR count). The lowest BCUT2D eigenvalue weighted by Crippen LogP contribution is -2.39. The van der Waals surface area contributed by atoms with Gasteiger partial charge in [-0.15, -0.1) is 21.5 Å². The van der Waals surface area contributed by atoms with Crippen molar-refractivity contribution in [1.29, 1.82) is 0 Å². The van der Waals surface area contributed by atoms with E-state index in [-0.39, 0.29) is 24.5 Å². The molecule has 7 heteroatoms. The van der Waals surface area contributed by atoms with Gasteiger partial charge in [0, 0.05) is 6.04 Å². The maximum Gasteiger partial charge on any atom is 0.257 e. The highest BCUT2D eigenvalue weighted by molar-refractivity contribution is 7.13. The molecule has 0 bridgehead atoms. The molecule has 1 atom stereocenters. The van der Waals surface area contributed by atoms with Crippen LogP contribution < -0.4 is 5.32 Å². The third kappa shape index (κ3) is 4.12. The Morgan fingerprint density at radius 3 is 2.81 bits per heavy atom. The normalized spacial score (nSPS) is 12.9. The highest BCUT2D eigenvalue weighted by Gasteiger charge is 2.21. The zero-order chi connectivity index (χ0) is 15.4. The number of nitrogens with one attached hydrogen (secondary N) is 1. The second-order valence-corrected chi connectivity index (χ2v) is 6.18. The summed E-state index contributed by atoms with van der Waals surface area (Å²) in [6, 6.07) is 3.89. The predicted molar refractivity (Wildman–Crippen MR) is 81.9 cm³/mol. The quantitative estimate of drug-likeness (QED) is 0.886. The smallest absolute Gasteiger partial charge is 0.257 e. The molecule has 1 N–H and O–H groups in total. The van der Waals surface area contributed by atoms with Crippen LogP contribution in [-0.4, -0.2) is 40.6 Å². The van der Waals surface area contributed by atoms with E-state index in [0.29, 0.717) is 11.8 Å². The number of carbonyl (C=O) groups excluding carboxylic acids is 1. The summed E-state index contributed by atoms with van der Waals surface area (Å²) in [5, 5.41) is 13.0. The van der Waals surface area contributed by atoms with Gasteiger partial charge < -0.3 is 9.73 Å². The lowest BCUT2D eigenvalue weighted by molar-refractivity contribution is -0.122. The van der Waals surface area contributed by atoms with Crippen LogP contribution in [0.2, 0.25) is 0 Å². The number of nitrogens with zero attached hydrogens (tertiary/aromatic N) is 3. The molecule has 114 valence electrons. The van der Waals surface area contributed by atoms with Gasteiger partial charge in [0.15, 0.2) is 0 Å². The van der Waals surface area contributed by atoms with Crippen molar-refractivity contribution in [2.24, 2.45) is 0 Å². The number of thiophene rings is 1. The standard InChI is InChI=1S/C14H20N4O2S/c1-9(2)15-12(19)8-18(4)10(3)13-16-17-14(20-13)11-6-5-7-21-11/h5-7,9-10H,8H2,1-4H3,(H,15,19)/t10-/m0/s1. The van der Waals surface area contributed by atoms with E-state index in [1.165, 1.54) is 0 Å². The lowest BCUT2D eigenvalue weighted by atomic mass is 10.3. The fourth-order valence-electron chi connectivity index (χ4n) is 1.82. The van der Waals surface area contributed by atoms with Crippen LogP contribution in [0.4, 0.5) is 0 Å². The predicted octanol–water partition coefficient (Wildman–Crippen LogP) is 2.32. The van der Waals surface area contributed by atoms with Crippen molar-refractivity contribution in [3.05, 3.63) is 23.4 Å². The van der Waals surface area contributed by atoms with E-state index >= 15 is 0 Å². The highest BCUT2D eigenvalue weighted by Crippen LogP contribution is 2.26. The van der Waals surface area contributed by atoms with Crippen molar-refractivity contribution in [3.63, 3.8) is 0 Å². The Hall–Kier alpha value is -1.73.